The molecule has 1 aliphatic rings. The molecule has 1 fully saturated rings. The van der Waals surface area contributed by atoms with E-state index in [1.807, 2.05) is 36.9 Å². The van der Waals surface area contributed by atoms with Gasteiger partial charge in [0.1, 0.15) is 0 Å². The van der Waals surface area contributed by atoms with Crippen molar-refractivity contribution in [3.63, 3.8) is 0 Å². The van der Waals surface area contributed by atoms with Crippen molar-refractivity contribution in [2.45, 2.75) is 52.6 Å². The Hall–Kier alpha value is -2.70. The second-order valence-corrected chi connectivity index (χ2v) is 6.80. The molecule has 0 radical (unpaired) electrons. The summed E-state index contributed by atoms with van der Waals surface area (Å²) >= 11 is 0. The van der Waals surface area contributed by atoms with Crippen LogP contribution in [0.1, 0.15) is 54.1 Å². The molecule has 0 spiro atoms. The topological polar surface area (TPSA) is 91.0 Å². The molecular formula is C19H25N5O2. The number of hydrogen-bond donors (Lipinski definition) is 2. The molecular weight excluding hydrogens is 330 g/mol. The minimum absolute atomic E-state index is 0.00714. The summed E-state index contributed by atoms with van der Waals surface area (Å²) in [5.41, 5.74) is 4.50. The number of carbonyl (C=O) groups excluding carboxylic acids is 2. The van der Waals surface area contributed by atoms with Crippen molar-refractivity contribution in [2.24, 2.45) is 0 Å². The highest BCUT2D eigenvalue weighted by Crippen LogP contribution is 2.31. The third-order valence-electron chi connectivity index (χ3n) is 4.87. The lowest BCUT2D eigenvalue weighted by molar-refractivity contribution is -0.131. The highest BCUT2D eigenvalue weighted by molar-refractivity contribution is 5.80. The number of rotatable bonds is 5. The number of aromatic nitrogens is 3. The Labute approximate surface area is 153 Å². The number of nitrogens with zero attached hydrogens (tertiary/aromatic N) is 3. The maximum absolute atomic E-state index is 12.9. The highest BCUT2D eigenvalue weighted by Gasteiger charge is 2.31. The molecule has 1 aliphatic heterocycles. The minimum Gasteiger partial charge on any atom is -0.351 e. The third-order valence-corrected chi connectivity index (χ3v) is 4.87. The lowest BCUT2D eigenvalue weighted by Gasteiger charge is -2.25. The van der Waals surface area contributed by atoms with Gasteiger partial charge >= 0.3 is 0 Å². The second-order valence-electron chi connectivity index (χ2n) is 6.80. The third kappa shape index (κ3) is 3.92. The van der Waals surface area contributed by atoms with Gasteiger partial charge in [-0.3, -0.25) is 19.7 Å². The SMILES string of the molecule is CC(=O)NCc1cccc([C@@H]2CCCN2C(=O)Cc2c(C)n[nH]c2C)n1. The molecule has 0 aromatic carbocycles. The van der Waals surface area contributed by atoms with E-state index in [1.165, 1.54) is 6.92 Å². The second kappa shape index (κ2) is 7.68. The molecule has 2 amide bonds. The summed E-state index contributed by atoms with van der Waals surface area (Å²) in [5, 5.41) is 9.88. The van der Waals surface area contributed by atoms with Crippen molar-refractivity contribution in [2.75, 3.05) is 6.54 Å². The molecule has 26 heavy (non-hydrogen) atoms. The van der Waals surface area contributed by atoms with Gasteiger partial charge in [-0.2, -0.15) is 5.10 Å². The van der Waals surface area contributed by atoms with Crippen LogP contribution in [0.3, 0.4) is 0 Å². The number of hydrogen-bond acceptors (Lipinski definition) is 4. The van der Waals surface area contributed by atoms with Gasteiger partial charge in [-0.1, -0.05) is 6.07 Å². The van der Waals surface area contributed by atoms with Gasteiger partial charge in [-0.05, 0) is 38.8 Å². The summed E-state index contributed by atoms with van der Waals surface area (Å²) in [6, 6.07) is 5.78. The van der Waals surface area contributed by atoms with Gasteiger partial charge < -0.3 is 10.2 Å². The van der Waals surface area contributed by atoms with Crippen LogP contribution in [0.25, 0.3) is 0 Å². The average Bonchev–Trinajstić information content (AvgIpc) is 3.22. The van der Waals surface area contributed by atoms with Crippen LogP contribution in [-0.4, -0.2) is 38.4 Å². The lowest BCUT2D eigenvalue weighted by atomic mass is 10.1. The van der Waals surface area contributed by atoms with E-state index < -0.39 is 0 Å². The number of aromatic amines is 1. The fourth-order valence-corrected chi connectivity index (χ4v) is 3.46. The van der Waals surface area contributed by atoms with E-state index in [0.29, 0.717) is 13.0 Å². The number of pyridine rings is 1. The van der Waals surface area contributed by atoms with Crippen molar-refractivity contribution in [1.82, 2.24) is 25.4 Å². The maximum Gasteiger partial charge on any atom is 0.227 e. The van der Waals surface area contributed by atoms with E-state index in [1.54, 1.807) is 0 Å². The Morgan fingerprint density at radius 2 is 2.15 bits per heavy atom. The largest absolute Gasteiger partial charge is 0.351 e. The molecule has 0 aliphatic carbocycles. The molecule has 1 saturated heterocycles. The first-order valence-corrected chi connectivity index (χ1v) is 8.96. The molecule has 7 nitrogen and oxygen atoms in total. The van der Waals surface area contributed by atoms with Crippen molar-refractivity contribution >= 4 is 11.8 Å². The van der Waals surface area contributed by atoms with Crippen molar-refractivity contribution < 1.29 is 9.59 Å². The number of nitrogens with one attached hydrogen (secondary N) is 2. The first-order valence-electron chi connectivity index (χ1n) is 8.96. The Morgan fingerprint density at radius 1 is 1.35 bits per heavy atom. The number of likely N-dealkylation sites (tertiary alicyclic amines) is 1. The van der Waals surface area contributed by atoms with Gasteiger partial charge in [-0.15, -0.1) is 0 Å². The van der Waals surface area contributed by atoms with Crippen molar-refractivity contribution in [3.8, 4) is 0 Å². The van der Waals surface area contributed by atoms with Crippen LogP contribution < -0.4 is 5.32 Å². The normalized spacial score (nSPS) is 16.7. The molecule has 138 valence electrons. The van der Waals surface area contributed by atoms with E-state index >= 15 is 0 Å². The summed E-state index contributed by atoms with van der Waals surface area (Å²) in [6.07, 6.45) is 2.24. The van der Waals surface area contributed by atoms with Crippen LogP contribution in [0, 0.1) is 13.8 Å². The zero-order valence-corrected chi connectivity index (χ0v) is 15.5. The molecule has 0 saturated carbocycles. The molecule has 0 bridgehead atoms. The first-order chi connectivity index (χ1) is 12.5. The van der Waals surface area contributed by atoms with E-state index in [9.17, 15) is 9.59 Å². The van der Waals surface area contributed by atoms with Gasteiger partial charge in [0.2, 0.25) is 11.8 Å². The van der Waals surface area contributed by atoms with Crippen molar-refractivity contribution in [3.05, 3.63) is 46.5 Å². The van der Waals surface area contributed by atoms with E-state index in [4.69, 9.17) is 0 Å². The van der Waals surface area contributed by atoms with Gasteiger partial charge in [-0.25, -0.2) is 0 Å². The van der Waals surface area contributed by atoms with Crippen LogP contribution in [0.4, 0.5) is 0 Å². The van der Waals surface area contributed by atoms with E-state index in [0.717, 1.165) is 47.7 Å². The van der Waals surface area contributed by atoms with Gasteiger partial charge in [0, 0.05) is 24.7 Å². The standard InChI is InChI=1S/C19H25N5O2/c1-12-16(13(2)23-22-12)10-19(26)24-9-5-8-18(24)17-7-4-6-15(21-17)11-20-14(3)25/h4,6-7,18H,5,8-11H2,1-3H3,(H,20,25)(H,22,23)/t18-/m0/s1. The van der Waals surface area contributed by atoms with Crippen LogP contribution in [0.15, 0.2) is 18.2 Å². The minimum atomic E-state index is -0.0827. The van der Waals surface area contributed by atoms with Crippen LogP contribution >= 0.6 is 0 Å². The van der Waals surface area contributed by atoms with Gasteiger partial charge in [0.15, 0.2) is 0 Å². The Bertz CT molecular complexity index is 795. The van der Waals surface area contributed by atoms with E-state index in [2.05, 4.69) is 20.5 Å². The predicted molar refractivity (Wildman–Crippen MR) is 97.2 cm³/mol. The number of H-pyrrole nitrogens is 1. The van der Waals surface area contributed by atoms with Gasteiger partial charge in [0.05, 0.1) is 36.1 Å². The van der Waals surface area contributed by atoms with E-state index in [-0.39, 0.29) is 17.9 Å². The summed E-state index contributed by atoms with van der Waals surface area (Å²) in [6.45, 7) is 6.49. The number of aryl methyl sites for hydroxylation is 2. The molecule has 2 aromatic heterocycles. The maximum atomic E-state index is 12.9. The monoisotopic (exact) mass is 355 g/mol. The first kappa shape index (κ1) is 18.1. The van der Waals surface area contributed by atoms with Crippen LogP contribution in [0.2, 0.25) is 0 Å². The van der Waals surface area contributed by atoms with Crippen LogP contribution in [0.5, 0.6) is 0 Å². The predicted octanol–water partition coefficient (Wildman–Crippen LogP) is 1.96. The Balaban J connectivity index is 1.74. The summed E-state index contributed by atoms with van der Waals surface area (Å²) in [4.78, 5) is 30.6. The zero-order chi connectivity index (χ0) is 18.7. The number of carbonyl (C=O) groups is 2. The molecule has 3 heterocycles. The fourth-order valence-electron chi connectivity index (χ4n) is 3.46. The van der Waals surface area contributed by atoms with Crippen LogP contribution in [-0.2, 0) is 22.6 Å². The molecule has 7 heteroatoms. The highest BCUT2D eigenvalue weighted by atomic mass is 16.2. The molecule has 2 aromatic rings. The molecule has 3 rings (SSSR count). The lowest BCUT2D eigenvalue weighted by Crippen LogP contribution is -2.32. The Kier molecular flexibility index (Phi) is 5.35. The Morgan fingerprint density at radius 3 is 2.85 bits per heavy atom. The smallest absolute Gasteiger partial charge is 0.227 e. The molecule has 1 atom stereocenters. The summed E-state index contributed by atoms with van der Waals surface area (Å²) in [5.74, 6) is 0.0230. The van der Waals surface area contributed by atoms with Crippen molar-refractivity contribution in [1.29, 1.82) is 0 Å². The molecule has 2 N–H and O–H groups in total. The quantitative estimate of drug-likeness (QED) is 0.858. The fraction of sp³-hybridized carbons (Fsp3) is 0.474. The van der Waals surface area contributed by atoms with Gasteiger partial charge in [0.25, 0.3) is 0 Å². The average molecular weight is 355 g/mol. The molecule has 0 unspecified atom stereocenters. The number of amides is 2. The zero-order valence-electron chi connectivity index (χ0n) is 15.5. The summed E-state index contributed by atoms with van der Waals surface area (Å²) in [7, 11) is 0. The summed E-state index contributed by atoms with van der Waals surface area (Å²) < 4.78 is 0.